The fourth-order valence-electron chi connectivity index (χ4n) is 4.43. The first-order valence-corrected chi connectivity index (χ1v) is 9.95. The van der Waals surface area contributed by atoms with E-state index in [4.69, 9.17) is 0 Å². The Bertz CT molecular complexity index is 906. The molecule has 0 radical (unpaired) electrons. The van der Waals surface area contributed by atoms with Gasteiger partial charge < -0.3 is 15.1 Å². The molecule has 0 bridgehead atoms. The number of pyridine rings is 1. The van der Waals surface area contributed by atoms with Crippen LogP contribution in [-0.2, 0) is 9.59 Å². The molecule has 1 N–H and O–H groups in total. The first-order valence-electron chi connectivity index (χ1n) is 9.95. The summed E-state index contributed by atoms with van der Waals surface area (Å²) in [5, 5.41) is 7.19. The van der Waals surface area contributed by atoms with Crippen molar-refractivity contribution >= 4 is 11.8 Å². The average Bonchev–Trinajstić information content (AvgIpc) is 3.18. The fourth-order valence-corrected chi connectivity index (χ4v) is 4.43. The van der Waals surface area contributed by atoms with E-state index in [1.165, 1.54) is 10.9 Å². The lowest BCUT2D eigenvalue weighted by Gasteiger charge is -2.52. The van der Waals surface area contributed by atoms with Crippen molar-refractivity contribution in [2.24, 2.45) is 0 Å². The largest absolute Gasteiger partial charge is 0.327 e. The van der Waals surface area contributed by atoms with E-state index in [1.54, 1.807) is 22.1 Å². The SMILES string of the molecule is CCN1C(=O)CN([C@@H](C)c2ccc(-n3cc(F)cn3)nc2)C(=O)C12CCNCC2. The Morgan fingerprint density at radius 1 is 1.24 bits per heavy atom. The highest BCUT2D eigenvalue weighted by molar-refractivity contribution is 5.98. The topological polar surface area (TPSA) is 83.4 Å². The number of carbonyl (C=O) groups is 2. The van der Waals surface area contributed by atoms with Crippen molar-refractivity contribution < 1.29 is 14.0 Å². The molecule has 154 valence electrons. The summed E-state index contributed by atoms with van der Waals surface area (Å²) in [7, 11) is 0. The molecule has 1 spiro atoms. The van der Waals surface area contributed by atoms with Crippen LogP contribution in [0.1, 0.15) is 38.3 Å². The van der Waals surface area contributed by atoms with Gasteiger partial charge in [-0.05, 0) is 51.4 Å². The van der Waals surface area contributed by atoms with Gasteiger partial charge in [0.1, 0.15) is 12.1 Å². The maximum Gasteiger partial charge on any atom is 0.249 e. The predicted octanol–water partition coefficient (Wildman–Crippen LogP) is 1.28. The summed E-state index contributed by atoms with van der Waals surface area (Å²) < 4.78 is 14.5. The van der Waals surface area contributed by atoms with Gasteiger partial charge in [0.2, 0.25) is 11.8 Å². The number of piperazine rings is 1. The van der Waals surface area contributed by atoms with Crippen molar-refractivity contribution in [3.63, 3.8) is 0 Å². The van der Waals surface area contributed by atoms with E-state index in [0.717, 1.165) is 11.8 Å². The molecule has 0 aliphatic carbocycles. The van der Waals surface area contributed by atoms with E-state index in [-0.39, 0.29) is 24.4 Å². The molecule has 1 atom stereocenters. The van der Waals surface area contributed by atoms with E-state index < -0.39 is 11.4 Å². The molecule has 9 heteroatoms. The van der Waals surface area contributed by atoms with E-state index >= 15 is 0 Å². The summed E-state index contributed by atoms with van der Waals surface area (Å²) >= 11 is 0. The molecule has 2 saturated heterocycles. The quantitative estimate of drug-likeness (QED) is 0.836. The van der Waals surface area contributed by atoms with Crippen LogP contribution in [0, 0.1) is 5.82 Å². The minimum Gasteiger partial charge on any atom is -0.327 e. The second kappa shape index (κ2) is 7.55. The third-order valence-corrected chi connectivity index (χ3v) is 6.04. The smallest absolute Gasteiger partial charge is 0.249 e. The third-order valence-electron chi connectivity index (χ3n) is 6.04. The predicted molar refractivity (Wildman–Crippen MR) is 104 cm³/mol. The van der Waals surface area contributed by atoms with E-state index in [2.05, 4.69) is 15.4 Å². The highest BCUT2D eigenvalue weighted by Crippen LogP contribution is 2.35. The van der Waals surface area contributed by atoms with E-state index in [9.17, 15) is 14.0 Å². The first-order chi connectivity index (χ1) is 14.0. The molecule has 0 saturated carbocycles. The molecule has 0 unspecified atom stereocenters. The zero-order chi connectivity index (χ0) is 20.6. The first kappa shape index (κ1) is 19.5. The maximum atomic E-state index is 13.6. The molecule has 4 rings (SSSR count). The summed E-state index contributed by atoms with van der Waals surface area (Å²) in [6.07, 6.45) is 5.26. The number of amides is 2. The summed E-state index contributed by atoms with van der Waals surface area (Å²) in [6.45, 7) is 5.86. The van der Waals surface area contributed by atoms with Gasteiger partial charge in [-0.2, -0.15) is 5.10 Å². The summed E-state index contributed by atoms with van der Waals surface area (Å²) in [6, 6.07) is 3.27. The Morgan fingerprint density at radius 2 is 2.00 bits per heavy atom. The van der Waals surface area contributed by atoms with Gasteiger partial charge in [-0.1, -0.05) is 6.07 Å². The number of nitrogens with zero attached hydrogens (tertiary/aromatic N) is 5. The Morgan fingerprint density at radius 3 is 2.59 bits per heavy atom. The normalized spacial score (nSPS) is 20.4. The van der Waals surface area contributed by atoms with E-state index in [0.29, 0.717) is 38.3 Å². The molecule has 4 heterocycles. The molecule has 2 aliphatic heterocycles. The van der Waals surface area contributed by atoms with Crippen molar-refractivity contribution in [3.05, 3.63) is 42.1 Å². The van der Waals surface area contributed by atoms with Crippen LogP contribution in [0.3, 0.4) is 0 Å². The molecular formula is C20H25FN6O2. The number of likely N-dealkylation sites (N-methyl/N-ethyl adjacent to an activating group) is 1. The van der Waals surface area contributed by atoms with Gasteiger partial charge in [0.05, 0.1) is 18.4 Å². The standard InChI is InChI=1S/C20H25FN6O2/c1-3-26-18(28)13-25(19(29)20(26)6-8-22-9-7-20)14(2)15-4-5-17(23-10-15)27-12-16(21)11-24-27/h4-5,10-12,14,22H,3,6-9,13H2,1-2H3/t14-/m0/s1. The molecule has 2 aliphatic rings. The summed E-state index contributed by atoms with van der Waals surface area (Å²) in [5.41, 5.74) is 0.0559. The minimum absolute atomic E-state index is 0.00572. The van der Waals surface area contributed by atoms with Gasteiger partial charge in [0, 0.05) is 12.7 Å². The van der Waals surface area contributed by atoms with Gasteiger partial charge in [0.25, 0.3) is 0 Å². The molecule has 2 fully saturated rings. The molecule has 0 aromatic carbocycles. The van der Waals surface area contributed by atoms with Gasteiger partial charge in [0.15, 0.2) is 11.6 Å². The average molecular weight is 400 g/mol. The number of carbonyl (C=O) groups excluding carboxylic acids is 2. The van der Waals surface area contributed by atoms with Crippen molar-refractivity contribution in [1.82, 2.24) is 29.9 Å². The molecule has 2 aromatic heterocycles. The van der Waals surface area contributed by atoms with Gasteiger partial charge in [-0.25, -0.2) is 14.1 Å². The Hall–Kier alpha value is -2.81. The zero-order valence-electron chi connectivity index (χ0n) is 16.6. The number of rotatable bonds is 4. The molecule has 2 aromatic rings. The highest BCUT2D eigenvalue weighted by atomic mass is 19.1. The van der Waals surface area contributed by atoms with Crippen LogP contribution in [-0.4, -0.2) is 68.1 Å². The van der Waals surface area contributed by atoms with Crippen molar-refractivity contribution in [2.75, 3.05) is 26.2 Å². The van der Waals surface area contributed by atoms with Crippen LogP contribution in [0.15, 0.2) is 30.7 Å². The number of aromatic nitrogens is 3. The van der Waals surface area contributed by atoms with Gasteiger partial charge >= 0.3 is 0 Å². The van der Waals surface area contributed by atoms with Crippen molar-refractivity contribution in [1.29, 1.82) is 0 Å². The molecular weight excluding hydrogens is 375 g/mol. The zero-order valence-corrected chi connectivity index (χ0v) is 16.6. The lowest BCUT2D eigenvalue weighted by Crippen LogP contribution is -2.70. The van der Waals surface area contributed by atoms with Gasteiger partial charge in [-0.15, -0.1) is 0 Å². The molecule has 29 heavy (non-hydrogen) atoms. The lowest BCUT2D eigenvalue weighted by atomic mass is 9.82. The number of hydrogen-bond acceptors (Lipinski definition) is 5. The fraction of sp³-hybridized carbons (Fsp3) is 0.500. The third kappa shape index (κ3) is 3.29. The number of piperidine rings is 1. The van der Waals surface area contributed by atoms with Gasteiger partial charge in [-0.3, -0.25) is 9.59 Å². The highest BCUT2D eigenvalue weighted by Gasteiger charge is 2.53. The van der Waals surface area contributed by atoms with Crippen LogP contribution in [0.25, 0.3) is 5.82 Å². The van der Waals surface area contributed by atoms with Crippen molar-refractivity contribution in [3.8, 4) is 5.82 Å². The van der Waals surface area contributed by atoms with Crippen LogP contribution in [0.2, 0.25) is 0 Å². The number of halogens is 1. The maximum absolute atomic E-state index is 13.6. The molecule has 2 amide bonds. The summed E-state index contributed by atoms with van der Waals surface area (Å²) in [5.74, 6) is 0.0379. The van der Waals surface area contributed by atoms with Crippen LogP contribution in [0.5, 0.6) is 0 Å². The van der Waals surface area contributed by atoms with E-state index in [1.807, 2.05) is 19.9 Å². The van der Waals surface area contributed by atoms with Crippen molar-refractivity contribution in [2.45, 2.75) is 38.3 Å². The van der Waals surface area contributed by atoms with Crippen LogP contribution >= 0.6 is 0 Å². The summed E-state index contributed by atoms with van der Waals surface area (Å²) in [4.78, 5) is 34.2. The Kier molecular flexibility index (Phi) is 5.08. The van der Waals surface area contributed by atoms with Crippen LogP contribution in [0.4, 0.5) is 4.39 Å². The second-order valence-corrected chi connectivity index (χ2v) is 7.58. The Balaban J connectivity index is 1.60. The monoisotopic (exact) mass is 400 g/mol. The minimum atomic E-state index is -0.760. The number of hydrogen-bond donors (Lipinski definition) is 1. The number of nitrogens with one attached hydrogen (secondary N) is 1. The Labute approximate surface area is 168 Å². The second-order valence-electron chi connectivity index (χ2n) is 7.58. The van der Waals surface area contributed by atoms with Crippen LogP contribution < -0.4 is 5.32 Å². The lowest BCUT2D eigenvalue weighted by molar-refractivity contribution is -0.169. The molecule has 8 nitrogen and oxygen atoms in total.